The highest BCUT2D eigenvalue weighted by molar-refractivity contribution is 5.45. The van der Waals surface area contributed by atoms with Crippen molar-refractivity contribution in [1.29, 1.82) is 0 Å². The number of aromatic nitrogens is 4. The molecule has 0 spiro atoms. The molecule has 1 N–H and O–H groups in total. The van der Waals surface area contributed by atoms with E-state index in [0.29, 0.717) is 5.92 Å². The average molecular weight is 321 g/mol. The van der Waals surface area contributed by atoms with Crippen LogP contribution in [0.4, 0.5) is 5.82 Å². The summed E-state index contributed by atoms with van der Waals surface area (Å²) in [5, 5.41) is 16.7. The van der Waals surface area contributed by atoms with Crippen molar-refractivity contribution in [2.24, 2.45) is 0 Å². The lowest BCUT2D eigenvalue weighted by molar-refractivity contribution is 0.552. The molecule has 0 radical (unpaired) electrons. The van der Waals surface area contributed by atoms with Crippen molar-refractivity contribution >= 4 is 11.5 Å². The maximum Gasteiger partial charge on any atom is 0.178 e. The van der Waals surface area contributed by atoms with E-state index in [1.165, 1.54) is 24.0 Å². The molecule has 5 heteroatoms. The van der Waals surface area contributed by atoms with Crippen LogP contribution in [0.5, 0.6) is 0 Å². The van der Waals surface area contributed by atoms with E-state index in [9.17, 15) is 0 Å². The number of nitrogens with zero attached hydrogens (tertiary/aromatic N) is 4. The molecule has 1 saturated carbocycles. The first-order valence-electron chi connectivity index (χ1n) is 8.57. The zero-order valence-corrected chi connectivity index (χ0v) is 14.5. The molecule has 0 amide bonds. The van der Waals surface area contributed by atoms with Crippen molar-refractivity contribution in [2.75, 3.05) is 11.9 Å². The number of anilines is 1. The summed E-state index contributed by atoms with van der Waals surface area (Å²) in [7, 11) is 0. The highest BCUT2D eigenvalue weighted by atomic mass is 15.4. The highest BCUT2D eigenvalue weighted by Crippen LogP contribution is 2.38. The number of benzene rings is 1. The summed E-state index contributed by atoms with van der Waals surface area (Å²) in [6.45, 7) is 7.50. The molecule has 24 heavy (non-hydrogen) atoms. The van der Waals surface area contributed by atoms with Gasteiger partial charge in [0, 0.05) is 17.9 Å². The van der Waals surface area contributed by atoms with Gasteiger partial charge >= 0.3 is 0 Å². The second kappa shape index (κ2) is 5.58. The fraction of sp³-hybridized carbons (Fsp3) is 0.421. The molecule has 2 heterocycles. The van der Waals surface area contributed by atoms with Crippen LogP contribution in [0.1, 0.15) is 49.6 Å². The molecular weight excluding hydrogens is 298 g/mol. The summed E-state index contributed by atoms with van der Waals surface area (Å²) in [6, 6.07) is 12.5. The number of hydrogen-bond acceptors (Lipinski definition) is 4. The van der Waals surface area contributed by atoms with E-state index in [1.807, 2.05) is 16.6 Å². The molecule has 1 aromatic carbocycles. The van der Waals surface area contributed by atoms with E-state index in [1.54, 1.807) is 0 Å². The van der Waals surface area contributed by atoms with E-state index < -0.39 is 0 Å². The van der Waals surface area contributed by atoms with Crippen molar-refractivity contribution in [3.8, 4) is 0 Å². The largest absolute Gasteiger partial charge is 0.368 e. The van der Waals surface area contributed by atoms with Gasteiger partial charge in [0.2, 0.25) is 0 Å². The van der Waals surface area contributed by atoms with Gasteiger partial charge in [0.25, 0.3) is 0 Å². The second-order valence-electron chi connectivity index (χ2n) is 7.37. The zero-order chi connectivity index (χ0) is 16.7. The number of aryl methyl sites for hydroxylation is 1. The Morgan fingerprint density at radius 3 is 2.67 bits per heavy atom. The van der Waals surface area contributed by atoms with Crippen LogP contribution in [0, 0.1) is 6.92 Å². The molecular formula is C19H23N5. The van der Waals surface area contributed by atoms with Crippen LogP contribution < -0.4 is 5.32 Å². The lowest BCUT2D eigenvalue weighted by atomic mass is 9.82. The van der Waals surface area contributed by atoms with E-state index in [-0.39, 0.29) is 5.41 Å². The summed E-state index contributed by atoms with van der Waals surface area (Å²) < 4.78 is 1.89. The maximum atomic E-state index is 4.70. The summed E-state index contributed by atoms with van der Waals surface area (Å²) in [5.41, 5.74) is 3.53. The lowest BCUT2D eigenvalue weighted by Crippen LogP contribution is -2.29. The number of fused-ring (bicyclic) bond motifs is 1. The topological polar surface area (TPSA) is 55.1 Å². The predicted molar refractivity (Wildman–Crippen MR) is 95.5 cm³/mol. The Hall–Kier alpha value is -2.43. The molecule has 5 nitrogen and oxygen atoms in total. The minimum atomic E-state index is 0.0223. The first-order chi connectivity index (χ1) is 11.5. The van der Waals surface area contributed by atoms with Crippen LogP contribution in [-0.4, -0.2) is 26.4 Å². The Bertz CT molecular complexity index is 876. The fourth-order valence-electron chi connectivity index (χ4n) is 3.23. The number of nitrogens with one attached hydrogen (secondary N) is 1. The Balaban J connectivity index is 1.56. The summed E-state index contributed by atoms with van der Waals surface area (Å²) >= 11 is 0. The van der Waals surface area contributed by atoms with Crippen LogP contribution in [0.2, 0.25) is 0 Å². The first-order valence-corrected chi connectivity index (χ1v) is 8.57. The van der Waals surface area contributed by atoms with Gasteiger partial charge in [-0.25, -0.2) is 0 Å². The molecule has 1 fully saturated rings. The van der Waals surface area contributed by atoms with Gasteiger partial charge in [-0.3, -0.25) is 0 Å². The molecule has 0 saturated heterocycles. The molecule has 2 aromatic heterocycles. The van der Waals surface area contributed by atoms with Crippen molar-refractivity contribution in [1.82, 2.24) is 19.8 Å². The summed E-state index contributed by atoms with van der Waals surface area (Å²) in [5.74, 6) is 2.39. The molecule has 1 aliphatic rings. The lowest BCUT2D eigenvalue weighted by Gasteiger charge is -2.27. The number of rotatable bonds is 5. The summed E-state index contributed by atoms with van der Waals surface area (Å²) in [4.78, 5) is 0. The average Bonchev–Trinajstić information content (AvgIpc) is 3.33. The quantitative estimate of drug-likeness (QED) is 0.778. The van der Waals surface area contributed by atoms with Gasteiger partial charge in [-0.2, -0.15) is 4.52 Å². The van der Waals surface area contributed by atoms with E-state index in [4.69, 9.17) is 5.10 Å². The van der Waals surface area contributed by atoms with E-state index in [0.717, 1.165) is 23.8 Å². The van der Waals surface area contributed by atoms with Gasteiger partial charge in [0.15, 0.2) is 11.5 Å². The Labute approximate surface area is 142 Å². The van der Waals surface area contributed by atoms with Crippen LogP contribution in [0.15, 0.2) is 36.4 Å². The minimum absolute atomic E-state index is 0.0223. The Morgan fingerprint density at radius 1 is 1.12 bits per heavy atom. The van der Waals surface area contributed by atoms with Gasteiger partial charge in [-0.05, 0) is 43.0 Å². The van der Waals surface area contributed by atoms with Gasteiger partial charge in [-0.15, -0.1) is 15.3 Å². The molecule has 1 aliphatic carbocycles. The van der Waals surface area contributed by atoms with Crippen LogP contribution >= 0.6 is 0 Å². The SMILES string of the molecule is Cc1ccccc1C(C)(C)CNc1ccc2nnc(C3CC3)n2n1. The Kier molecular flexibility index (Phi) is 3.52. The van der Waals surface area contributed by atoms with Gasteiger partial charge in [0.1, 0.15) is 5.82 Å². The summed E-state index contributed by atoms with van der Waals surface area (Å²) in [6.07, 6.45) is 2.39. The molecule has 3 aromatic rings. The van der Waals surface area contributed by atoms with Crippen molar-refractivity contribution in [2.45, 2.75) is 44.9 Å². The smallest absolute Gasteiger partial charge is 0.178 e. The van der Waals surface area contributed by atoms with Crippen molar-refractivity contribution in [3.63, 3.8) is 0 Å². The third kappa shape index (κ3) is 2.75. The standard InChI is InChI=1S/C19H23N5/c1-13-6-4-5-7-15(13)19(2,3)12-20-16-10-11-17-21-22-18(14-8-9-14)24(17)23-16/h4-7,10-11,14H,8-9,12H2,1-3H3,(H,20,23). The maximum absolute atomic E-state index is 4.70. The third-order valence-electron chi connectivity index (χ3n) is 4.82. The van der Waals surface area contributed by atoms with Crippen molar-refractivity contribution < 1.29 is 0 Å². The fourth-order valence-corrected chi connectivity index (χ4v) is 3.23. The predicted octanol–water partition coefficient (Wildman–Crippen LogP) is 3.70. The first kappa shape index (κ1) is 15.1. The normalized spacial score (nSPS) is 15.0. The van der Waals surface area contributed by atoms with E-state index in [2.05, 4.69) is 60.6 Å². The Morgan fingerprint density at radius 2 is 1.92 bits per heavy atom. The molecule has 0 unspecified atom stereocenters. The van der Waals surface area contributed by atoms with Crippen LogP contribution in [0.25, 0.3) is 5.65 Å². The van der Waals surface area contributed by atoms with Crippen LogP contribution in [-0.2, 0) is 5.41 Å². The van der Waals surface area contributed by atoms with Crippen molar-refractivity contribution in [3.05, 3.63) is 53.3 Å². The third-order valence-corrected chi connectivity index (χ3v) is 4.82. The van der Waals surface area contributed by atoms with Crippen LogP contribution in [0.3, 0.4) is 0 Å². The zero-order valence-electron chi connectivity index (χ0n) is 14.5. The van der Waals surface area contributed by atoms with Gasteiger partial charge < -0.3 is 5.32 Å². The molecule has 0 atom stereocenters. The number of hydrogen-bond donors (Lipinski definition) is 1. The molecule has 4 rings (SSSR count). The molecule has 0 aliphatic heterocycles. The molecule has 124 valence electrons. The van der Waals surface area contributed by atoms with E-state index >= 15 is 0 Å². The van der Waals surface area contributed by atoms with Gasteiger partial charge in [0.05, 0.1) is 0 Å². The highest BCUT2D eigenvalue weighted by Gasteiger charge is 2.29. The second-order valence-corrected chi connectivity index (χ2v) is 7.37. The van der Waals surface area contributed by atoms with Gasteiger partial charge in [-0.1, -0.05) is 38.1 Å². The minimum Gasteiger partial charge on any atom is -0.368 e. The monoisotopic (exact) mass is 321 g/mol. The molecule has 0 bridgehead atoms.